The van der Waals surface area contributed by atoms with Gasteiger partial charge in [-0.2, -0.15) is 0 Å². The quantitative estimate of drug-likeness (QED) is 0.704. The van der Waals surface area contributed by atoms with Gasteiger partial charge < -0.3 is 9.84 Å². The van der Waals surface area contributed by atoms with Crippen LogP contribution in [0.5, 0.6) is 0 Å². The zero-order valence-electron chi connectivity index (χ0n) is 9.32. The molecule has 3 nitrogen and oxygen atoms in total. The molecule has 0 heterocycles. The molecule has 1 aliphatic carbocycles. The van der Waals surface area contributed by atoms with Crippen molar-refractivity contribution in [2.75, 3.05) is 7.11 Å². The number of allylic oxidation sites excluding steroid dienone is 2. The number of ketones is 1. The lowest BCUT2D eigenvalue weighted by atomic mass is 9.96. The van der Waals surface area contributed by atoms with E-state index in [0.29, 0.717) is 19.3 Å². The average Bonchev–Trinajstić information content (AvgIpc) is 2.55. The number of carbonyl (C=O) groups excluding carboxylic acids is 1. The van der Waals surface area contributed by atoms with E-state index in [1.165, 1.54) is 0 Å². The van der Waals surface area contributed by atoms with E-state index in [2.05, 4.69) is 6.58 Å². The van der Waals surface area contributed by atoms with Crippen molar-refractivity contribution >= 4 is 5.78 Å². The molecule has 0 bridgehead atoms. The Hall–Kier alpha value is -1.09. The van der Waals surface area contributed by atoms with E-state index in [-0.39, 0.29) is 11.7 Å². The molecule has 0 saturated carbocycles. The zero-order valence-corrected chi connectivity index (χ0v) is 9.32. The lowest BCUT2D eigenvalue weighted by Gasteiger charge is -2.13. The molecule has 1 rings (SSSR count). The van der Waals surface area contributed by atoms with Crippen LogP contribution in [0.25, 0.3) is 0 Å². The molecule has 0 aliphatic heterocycles. The SMILES string of the molecule is C=C(C)C(O)CCC1CC(OC)=CC1=O. The van der Waals surface area contributed by atoms with Crippen molar-refractivity contribution in [3.8, 4) is 0 Å². The van der Waals surface area contributed by atoms with Crippen molar-refractivity contribution < 1.29 is 14.6 Å². The molecule has 2 atom stereocenters. The Bertz CT molecular complexity index is 291. The van der Waals surface area contributed by atoms with Crippen LogP contribution in [0.2, 0.25) is 0 Å². The highest BCUT2D eigenvalue weighted by Crippen LogP contribution is 2.27. The molecule has 0 radical (unpaired) electrons. The Morgan fingerprint density at radius 2 is 2.47 bits per heavy atom. The number of hydrogen-bond donors (Lipinski definition) is 1. The van der Waals surface area contributed by atoms with Crippen LogP contribution in [0, 0.1) is 5.92 Å². The minimum Gasteiger partial charge on any atom is -0.501 e. The molecular formula is C12H18O3. The number of rotatable bonds is 5. The van der Waals surface area contributed by atoms with E-state index in [1.54, 1.807) is 20.1 Å². The molecule has 0 spiro atoms. The second-order valence-corrected chi connectivity index (χ2v) is 4.06. The van der Waals surface area contributed by atoms with Crippen LogP contribution in [-0.2, 0) is 9.53 Å². The van der Waals surface area contributed by atoms with Crippen molar-refractivity contribution in [1.29, 1.82) is 0 Å². The van der Waals surface area contributed by atoms with E-state index >= 15 is 0 Å². The van der Waals surface area contributed by atoms with Gasteiger partial charge in [0.25, 0.3) is 0 Å². The number of carbonyl (C=O) groups is 1. The first-order valence-electron chi connectivity index (χ1n) is 5.16. The molecule has 1 aliphatic rings. The Labute approximate surface area is 90.4 Å². The van der Waals surface area contributed by atoms with Gasteiger partial charge in [0.15, 0.2) is 5.78 Å². The minimum atomic E-state index is -0.496. The van der Waals surface area contributed by atoms with Gasteiger partial charge in [0.1, 0.15) is 0 Å². The summed E-state index contributed by atoms with van der Waals surface area (Å²) in [6.07, 6.45) is 3.01. The Balaban J connectivity index is 2.37. The topological polar surface area (TPSA) is 46.5 Å². The fourth-order valence-corrected chi connectivity index (χ4v) is 1.67. The molecule has 2 unspecified atom stereocenters. The molecule has 84 valence electrons. The largest absolute Gasteiger partial charge is 0.501 e. The standard InChI is InChI=1S/C12H18O3/c1-8(2)11(13)5-4-9-6-10(15-3)7-12(9)14/h7,9,11,13H,1,4-6H2,2-3H3. The van der Waals surface area contributed by atoms with E-state index in [9.17, 15) is 9.90 Å². The van der Waals surface area contributed by atoms with Gasteiger partial charge in [0.05, 0.1) is 19.0 Å². The number of ether oxygens (including phenoxy) is 1. The lowest BCUT2D eigenvalue weighted by molar-refractivity contribution is -0.117. The molecule has 15 heavy (non-hydrogen) atoms. The van der Waals surface area contributed by atoms with Gasteiger partial charge in [-0.05, 0) is 19.8 Å². The highest BCUT2D eigenvalue weighted by molar-refractivity contribution is 5.94. The third kappa shape index (κ3) is 3.20. The normalized spacial score (nSPS) is 22.5. The first-order chi connectivity index (χ1) is 7.04. The Morgan fingerprint density at radius 3 is 2.93 bits per heavy atom. The lowest BCUT2D eigenvalue weighted by Crippen LogP contribution is -2.13. The summed E-state index contributed by atoms with van der Waals surface area (Å²) in [6.45, 7) is 5.47. The smallest absolute Gasteiger partial charge is 0.162 e. The summed E-state index contributed by atoms with van der Waals surface area (Å²) in [7, 11) is 1.57. The molecule has 0 aromatic rings. The number of hydrogen-bond acceptors (Lipinski definition) is 3. The van der Waals surface area contributed by atoms with Gasteiger partial charge in [-0.1, -0.05) is 12.2 Å². The van der Waals surface area contributed by atoms with Crippen LogP contribution in [0.1, 0.15) is 26.2 Å². The summed E-state index contributed by atoms with van der Waals surface area (Å²) < 4.78 is 5.03. The van der Waals surface area contributed by atoms with Gasteiger partial charge in [-0.25, -0.2) is 0 Å². The fraction of sp³-hybridized carbons (Fsp3) is 0.583. The van der Waals surface area contributed by atoms with Crippen LogP contribution in [-0.4, -0.2) is 24.1 Å². The van der Waals surface area contributed by atoms with Gasteiger partial charge in [-0.3, -0.25) is 4.79 Å². The maximum Gasteiger partial charge on any atom is 0.162 e. The third-order valence-corrected chi connectivity index (χ3v) is 2.77. The third-order valence-electron chi connectivity index (χ3n) is 2.77. The molecule has 0 saturated heterocycles. The average molecular weight is 210 g/mol. The van der Waals surface area contributed by atoms with E-state index < -0.39 is 6.10 Å². The van der Waals surface area contributed by atoms with Crippen molar-refractivity contribution in [2.24, 2.45) is 5.92 Å². The number of methoxy groups -OCH3 is 1. The molecule has 0 aromatic carbocycles. The van der Waals surface area contributed by atoms with E-state index in [4.69, 9.17) is 4.74 Å². The van der Waals surface area contributed by atoms with Gasteiger partial charge in [0.2, 0.25) is 0 Å². The number of aliphatic hydroxyl groups is 1. The molecule has 0 amide bonds. The highest BCUT2D eigenvalue weighted by atomic mass is 16.5. The maximum atomic E-state index is 11.5. The Kier molecular flexibility index (Phi) is 4.09. The van der Waals surface area contributed by atoms with Crippen molar-refractivity contribution in [1.82, 2.24) is 0 Å². The predicted octanol–water partition coefficient (Wildman–Crippen LogP) is 1.82. The van der Waals surface area contributed by atoms with Gasteiger partial charge in [-0.15, -0.1) is 0 Å². The summed E-state index contributed by atoms with van der Waals surface area (Å²) in [5.74, 6) is 0.838. The predicted molar refractivity (Wildman–Crippen MR) is 58.3 cm³/mol. The second kappa shape index (κ2) is 5.12. The summed E-state index contributed by atoms with van der Waals surface area (Å²) >= 11 is 0. The highest BCUT2D eigenvalue weighted by Gasteiger charge is 2.26. The van der Waals surface area contributed by atoms with Crippen molar-refractivity contribution in [2.45, 2.75) is 32.3 Å². The molecular weight excluding hydrogens is 192 g/mol. The summed E-state index contributed by atoms with van der Waals surface area (Å²) in [5, 5.41) is 9.54. The van der Waals surface area contributed by atoms with Crippen LogP contribution in [0.4, 0.5) is 0 Å². The summed E-state index contributed by atoms with van der Waals surface area (Å²) in [6, 6.07) is 0. The molecule has 1 N–H and O–H groups in total. The summed E-state index contributed by atoms with van der Waals surface area (Å²) in [5.41, 5.74) is 0.750. The Morgan fingerprint density at radius 1 is 1.80 bits per heavy atom. The van der Waals surface area contributed by atoms with Crippen LogP contribution >= 0.6 is 0 Å². The first kappa shape index (κ1) is 12.0. The molecule has 3 heteroatoms. The minimum absolute atomic E-state index is 0.0195. The van der Waals surface area contributed by atoms with Crippen molar-refractivity contribution in [3.63, 3.8) is 0 Å². The van der Waals surface area contributed by atoms with Crippen molar-refractivity contribution in [3.05, 3.63) is 24.0 Å². The van der Waals surface area contributed by atoms with Gasteiger partial charge in [0, 0.05) is 18.4 Å². The molecule has 0 fully saturated rings. The van der Waals surface area contributed by atoms with E-state index in [0.717, 1.165) is 11.3 Å². The van der Waals surface area contributed by atoms with E-state index in [1.807, 2.05) is 0 Å². The van der Waals surface area contributed by atoms with Crippen LogP contribution in [0.15, 0.2) is 24.0 Å². The monoisotopic (exact) mass is 210 g/mol. The van der Waals surface area contributed by atoms with Gasteiger partial charge >= 0.3 is 0 Å². The van der Waals surface area contributed by atoms with Crippen LogP contribution in [0.3, 0.4) is 0 Å². The first-order valence-corrected chi connectivity index (χ1v) is 5.16. The molecule has 0 aromatic heterocycles. The number of aliphatic hydroxyl groups excluding tert-OH is 1. The zero-order chi connectivity index (χ0) is 11.4. The summed E-state index contributed by atoms with van der Waals surface area (Å²) in [4.78, 5) is 11.5. The van der Waals surface area contributed by atoms with Crippen LogP contribution < -0.4 is 0 Å². The fourth-order valence-electron chi connectivity index (χ4n) is 1.67. The maximum absolute atomic E-state index is 11.5. The second-order valence-electron chi connectivity index (χ2n) is 4.06.